The summed E-state index contributed by atoms with van der Waals surface area (Å²) < 4.78 is 0. The van der Waals surface area contributed by atoms with Crippen LogP contribution in [0.4, 0.5) is 0 Å². The lowest BCUT2D eigenvalue weighted by Crippen LogP contribution is -2.34. The highest BCUT2D eigenvalue weighted by atomic mass is 35.5. The Hall–Kier alpha value is -3.57. The first-order valence-corrected chi connectivity index (χ1v) is 11.2. The Bertz CT molecular complexity index is 1340. The normalized spacial score (nSPS) is 11.2. The molecule has 6 heteroatoms. The van der Waals surface area contributed by atoms with E-state index in [4.69, 9.17) is 11.6 Å². The molecule has 3 aromatic carbocycles. The molecule has 1 aromatic heterocycles. The number of carbonyl (C=O) groups is 1. The minimum absolute atomic E-state index is 0.258. The molecule has 0 fully saturated rings. The number of pyridine rings is 1. The molecule has 0 unspecified atom stereocenters. The summed E-state index contributed by atoms with van der Waals surface area (Å²) in [5, 5.41) is 11.9. The molecule has 0 aliphatic carbocycles. The van der Waals surface area contributed by atoms with Crippen LogP contribution in [0.3, 0.4) is 0 Å². The molecule has 4 aromatic rings. The lowest BCUT2D eigenvalue weighted by molar-refractivity contribution is 0.0725. The van der Waals surface area contributed by atoms with E-state index in [1.807, 2.05) is 36.4 Å². The summed E-state index contributed by atoms with van der Waals surface area (Å²) in [5.41, 5.74) is 2.60. The van der Waals surface area contributed by atoms with Crippen molar-refractivity contribution in [1.82, 2.24) is 9.88 Å². The maximum Gasteiger partial charge on any atom is 0.265 e. The second-order valence-corrected chi connectivity index (χ2v) is 8.84. The maximum absolute atomic E-state index is 13.6. The zero-order valence-corrected chi connectivity index (χ0v) is 19.3. The topological polar surface area (TPSA) is 73.4 Å². The Kier molecular flexibility index (Phi) is 6.52. The van der Waals surface area contributed by atoms with Gasteiger partial charge in [0.1, 0.15) is 11.3 Å². The molecule has 0 bridgehead atoms. The SMILES string of the molecule is CC(C)c1ccc(CN(Cc2ccc(Cl)cc2)C(=O)c2c(O)c3ccccc3[nH]c2=O)cc1. The van der Waals surface area contributed by atoms with Crippen LogP contribution >= 0.6 is 11.6 Å². The van der Waals surface area contributed by atoms with Gasteiger partial charge in [0.05, 0.1) is 5.52 Å². The van der Waals surface area contributed by atoms with Crippen molar-refractivity contribution in [3.05, 3.63) is 110 Å². The minimum atomic E-state index is -0.618. The van der Waals surface area contributed by atoms with Gasteiger partial charge in [0, 0.05) is 23.5 Å². The number of aromatic nitrogens is 1. The molecule has 33 heavy (non-hydrogen) atoms. The first-order chi connectivity index (χ1) is 15.8. The van der Waals surface area contributed by atoms with E-state index in [1.54, 1.807) is 41.3 Å². The standard InChI is InChI=1S/C27H25ClN2O3/c1-17(2)20-11-7-18(8-12-20)15-30(16-19-9-13-21(28)14-10-19)27(33)24-25(31)22-5-3-4-6-23(22)29-26(24)32/h3-14,17H,15-16H2,1-2H3,(H2,29,31,32). The Labute approximate surface area is 197 Å². The van der Waals surface area contributed by atoms with Gasteiger partial charge >= 0.3 is 0 Å². The number of benzene rings is 3. The number of hydrogen-bond acceptors (Lipinski definition) is 3. The molecular formula is C27H25ClN2O3. The van der Waals surface area contributed by atoms with Gasteiger partial charge in [-0.15, -0.1) is 0 Å². The first kappa shape index (κ1) is 22.6. The molecule has 0 saturated heterocycles. The number of para-hydroxylation sites is 1. The summed E-state index contributed by atoms with van der Waals surface area (Å²) in [4.78, 5) is 30.7. The van der Waals surface area contributed by atoms with Gasteiger partial charge in [-0.3, -0.25) is 9.59 Å². The van der Waals surface area contributed by atoms with Crippen LogP contribution in [0.25, 0.3) is 10.9 Å². The number of amides is 1. The highest BCUT2D eigenvalue weighted by Gasteiger charge is 2.25. The third-order valence-corrected chi connectivity index (χ3v) is 5.95. The quantitative estimate of drug-likeness (QED) is 0.379. The predicted molar refractivity (Wildman–Crippen MR) is 132 cm³/mol. The van der Waals surface area contributed by atoms with Gasteiger partial charge < -0.3 is 15.0 Å². The van der Waals surface area contributed by atoms with Crippen molar-refractivity contribution >= 4 is 28.4 Å². The van der Waals surface area contributed by atoms with Crippen molar-refractivity contribution < 1.29 is 9.90 Å². The number of H-pyrrole nitrogens is 1. The summed E-state index contributed by atoms with van der Waals surface area (Å²) >= 11 is 6.01. The molecule has 5 nitrogen and oxygen atoms in total. The molecule has 1 amide bonds. The number of aromatic hydroxyl groups is 1. The second kappa shape index (κ2) is 9.51. The largest absolute Gasteiger partial charge is 0.506 e. The number of nitrogens with one attached hydrogen (secondary N) is 1. The van der Waals surface area contributed by atoms with Crippen LogP contribution in [0.2, 0.25) is 5.02 Å². The van der Waals surface area contributed by atoms with Crippen LogP contribution in [-0.2, 0) is 13.1 Å². The van der Waals surface area contributed by atoms with Gasteiger partial charge in [0.2, 0.25) is 0 Å². The number of hydrogen-bond donors (Lipinski definition) is 2. The second-order valence-electron chi connectivity index (χ2n) is 8.41. The highest BCUT2D eigenvalue weighted by Crippen LogP contribution is 2.27. The molecule has 0 saturated carbocycles. The lowest BCUT2D eigenvalue weighted by atomic mass is 10.0. The van der Waals surface area contributed by atoms with Gasteiger partial charge in [0.15, 0.2) is 0 Å². The smallest absolute Gasteiger partial charge is 0.265 e. The fourth-order valence-corrected chi connectivity index (χ4v) is 3.95. The third-order valence-electron chi connectivity index (χ3n) is 5.70. The van der Waals surface area contributed by atoms with Crippen LogP contribution in [0.15, 0.2) is 77.6 Å². The van der Waals surface area contributed by atoms with Crippen molar-refractivity contribution in [2.45, 2.75) is 32.9 Å². The van der Waals surface area contributed by atoms with Crippen LogP contribution in [0.5, 0.6) is 5.75 Å². The molecule has 0 radical (unpaired) electrons. The summed E-state index contributed by atoms with van der Waals surface area (Å²) in [5.74, 6) is -0.447. The number of aromatic amines is 1. The van der Waals surface area contributed by atoms with E-state index in [0.29, 0.717) is 21.8 Å². The predicted octanol–water partition coefficient (Wildman–Crippen LogP) is 5.85. The molecular weight excluding hydrogens is 436 g/mol. The van der Waals surface area contributed by atoms with E-state index >= 15 is 0 Å². The average Bonchev–Trinajstić information content (AvgIpc) is 2.80. The van der Waals surface area contributed by atoms with E-state index in [-0.39, 0.29) is 24.4 Å². The summed E-state index contributed by atoms with van der Waals surface area (Å²) in [6, 6.07) is 22.1. The molecule has 0 aliphatic heterocycles. The Morgan fingerprint density at radius 3 is 2.12 bits per heavy atom. The van der Waals surface area contributed by atoms with Gasteiger partial charge in [-0.2, -0.15) is 0 Å². The maximum atomic E-state index is 13.6. The summed E-state index contributed by atoms with van der Waals surface area (Å²) in [6.07, 6.45) is 0. The fourth-order valence-electron chi connectivity index (χ4n) is 3.82. The van der Waals surface area contributed by atoms with Gasteiger partial charge in [0.25, 0.3) is 11.5 Å². The van der Waals surface area contributed by atoms with Gasteiger partial charge in [-0.1, -0.05) is 74.0 Å². The summed E-state index contributed by atoms with van der Waals surface area (Å²) in [6.45, 7) is 4.79. The number of nitrogens with zero attached hydrogens (tertiary/aromatic N) is 1. The number of halogens is 1. The number of fused-ring (bicyclic) bond motifs is 1. The fraction of sp³-hybridized carbons (Fsp3) is 0.185. The van der Waals surface area contributed by atoms with Crippen LogP contribution in [0.1, 0.15) is 46.8 Å². The Morgan fingerprint density at radius 2 is 1.52 bits per heavy atom. The monoisotopic (exact) mass is 460 g/mol. The molecule has 0 aliphatic rings. The van der Waals surface area contributed by atoms with E-state index in [2.05, 4.69) is 18.8 Å². The zero-order chi connectivity index (χ0) is 23.5. The molecule has 0 atom stereocenters. The van der Waals surface area contributed by atoms with Crippen molar-refractivity contribution in [2.24, 2.45) is 0 Å². The lowest BCUT2D eigenvalue weighted by Gasteiger charge is -2.24. The van der Waals surface area contributed by atoms with Gasteiger partial charge in [-0.05, 0) is 46.9 Å². The molecule has 2 N–H and O–H groups in total. The number of rotatable bonds is 6. The Balaban J connectivity index is 1.73. The highest BCUT2D eigenvalue weighted by molar-refractivity contribution is 6.30. The Morgan fingerprint density at radius 1 is 0.939 bits per heavy atom. The first-order valence-electron chi connectivity index (χ1n) is 10.8. The van der Waals surface area contributed by atoms with Crippen molar-refractivity contribution in [3.8, 4) is 5.75 Å². The van der Waals surface area contributed by atoms with E-state index in [0.717, 1.165) is 11.1 Å². The van der Waals surface area contributed by atoms with Crippen molar-refractivity contribution in [3.63, 3.8) is 0 Å². The van der Waals surface area contributed by atoms with Crippen LogP contribution in [-0.4, -0.2) is 20.9 Å². The van der Waals surface area contributed by atoms with Gasteiger partial charge in [-0.25, -0.2) is 0 Å². The van der Waals surface area contributed by atoms with Crippen LogP contribution in [0, 0.1) is 0 Å². The average molecular weight is 461 g/mol. The molecule has 0 spiro atoms. The number of carbonyl (C=O) groups excluding carboxylic acids is 1. The third kappa shape index (κ3) is 4.94. The van der Waals surface area contributed by atoms with E-state index in [9.17, 15) is 14.7 Å². The van der Waals surface area contributed by atoms with Crippen LogP contribution < -0.4 is 5.56 Å². The minimum Gasteiger partial charge on any atom is -0.506 e. The molecule has 1 heterocycles. The van der Waals surface area contributed by atoms with E-state index in [1.165, 1.54) is 5.56 Å². The molecule has 4 rings (SSSR count). The summed E-state index contributed by atoms with van der Waals surface area (Å²) in [7, 11) is 0. The molecule has 168 valence electrons. The zero-order valence-electron chi connectivity index (χ0n) is 18.5. The van der Waals surface area contributed by atoms with Crippen molar-refractivity contribution in [2.75, 3.05) is 0 Å². The van der Waals surface area contributed by atoms with Crippen molar-refractivity contribution in [1.29, 1.82) is 0 Å². The van der Waals surface area contributed by atoms with E-state index < -0.39 is 11.5 Å².